The van der Waals surface area contributed by atoms with E-state index in [4.69, 9.17) is 4.74 Å². The molecule has 1 aliphatic rings. The van der Waals surface area contributed by atoms with E-state index < -0.39 is 6.09 Å². The predicted octanol–water partition coefficient (Wildman–Crippen LogP) is 6.25. The van der Waals surface area contributed by atoms with E-state index in [1.165, 1.54) is 11.0 Å². The third-order valence-electron chi connectivity index (χ3n) is 6.16. The van der Waals surface area contributed by atoms with Crippen molar-refractivity contribution in [2.75, 3.05) is 18.4 Å². The van der Waals surface area contributed by atoms with Gasteiger partial charge in [-0.2, -0.15) is 0 Å². The number of rotatable bonds is 5. The van der Waals surface area contributed by atoms with Gasteiger partial charge in [-0.05, 0) is 71.6 Å². The third kappa shape index (κ3) is 4.81. The number of carbonyl (C=O) groups is 1. The van der Waals surface area contributed by atoms with Crippen molar-refractivity contribution < 1.29 is 19.0 Å². The number of nitrogens with zero attached hydrogens (tertiary/aromatic N) is 4. The van der Waals surface area contributed by atoms with Crippen molar-refractivity contribution in [1.29, 1.82) is 0 Å². The molecule has 1 fully saturated rings. The van der Waals surface area contributed by atoms with Gasteiger partial charge in [0.15, 0.2) is 0 Å². The van der Waals surface area contributed by atoms with Crippen LogP contribution >= 0.6 is 15.9 Å². The Morgan fingerprint density at radius 1 is 1.17 bits per heavy atom. The average Bonchev–Trinajstić information content (AvgIpc) is 2.88. The summed E-state index contributed by atoms with van der Waals surface area (Å²) < 4.78 is 20.8. The summed E-state index contributed by atoms with van der Waals surface area (Å²) in [6.07, 6.45) is 3.95. The number of benzene rings is 2. The highest BCUT2D eigenvalue weighted by atomic mass is 79.9. The van der Waals surface area contributed by atoms with E-state index in [9.17, 15) is 14.3 Å². The van der Waals surface area contributed by atoms with Crippen molar-refractivity contribution in [3.63, 3.8) is 0 Å². The summed E-state index contributed by atoms with van der Waals surface area (Å²) >= 11 is 3.33. The van der Waals surface area contributed by atoms with Crippen LogP contribution < -0.4 is 10.1 Å². The van der Waals surface area contributed by atoms with Crippen molar-refractivity contribution in [2.24, 2.45) is 0 Å². The Morgan fingerprint density at radius 3 is 2.83 bits per heavy atom. The van der Waals surface area contributed by atoms with Gasteiger partial charge in [0.05, 0.1) is 15.7 Å². The molecule has 1 aliphatic heterocycles. The molecule has 4 aromatic rings. The first-order valence-electron chi connectivity index (χ1n) is 11.5. The summed E-state index contributed by atoms with van der Waals surface area (Å²) in [5.74, 6) is 0.992. The van der Waals surface area contributed by atoms with E-state index in [2.05, 4.69) is 36.2 Å². The first-order valence-corrected chi connectivity index (χ1v) is 12.3. The van der Waals surface area contributed by atoms with E-state index >= 15 is 0 Å². The molecular formula is C26H23BrFN5O3. The predicted molar refractivity (Wildman–Crippen MR) is 138 cm³/mol. The lowest BCUT2D eigenvalue weighted by Crippen LogP contribution is -2.44. The lowest BCUT2D eigenvalue weighted by molar-refractivity contribution is 0.132. The smallest absolute Gasteiger partial charge is 0.407 e. The minimum atomic E-state index is -0.924. The van der Waals surface area contributed by atoms with Crippen LogP contribution in [-0.2, 0) is 0 Å². The molecule has 0 saturated carbocycles. The molecule has 8 nitrogen and oxygen atoms in total. The fourth-order valence-corrected chi connectivity index (χ4v) is 4.83. The highest BCUT2D eigenvalue weighted by Gasteiger charge is 2.24. The quantitative estimate of drug-likeness (QED) is 0.302. The van der Waals surface area contributed by atoms with Gasteiger partial charge in [-0.25, -0.2) is 24.1 Å². The van der Waals surface area contributed by atoms with Gasteiger partial charge in [0.2, 0.25) is 11.8 Å². The molecule has 0 spiro atoms. The fraction of sp³-hybridized carbons (Fsp3) is 0.231. The molecule has 2 aromatic heterocycles. The van der Waals surface area contributed by atoms with E-state index in [1.54, 1.807) is 30.6 Å². The lowest BCUT2D eigenvalue weighted by Gasteiger charge is -2.31. The Labute approximate surface area is 215 Å². The van der Waals surface area contributed by atoms with Gasteiger partial charge in [0, 0.05) is 42.3 Å². The molecule has 184 valence electrons. The molecule has 2 N–H and O–H groups in total. The van der Waals surface area contributed by atoms with Crippen LogP contribution in [0.2, 0.25) is 0 Å². The van der Waals surface area contributed by atoms with Crippen LogP contribution in [0.5, 0.6) is 11.6 Å². The Hall–Kier alpha value is -3.79. The minimum absolute atomic E-state index is 0.0770. The van der Waals surface area contributed by atoms with Gasteiger partial charge in [-0.3, -0.25) is 0 Å². The number of piperidine rings is 1. The SMILES string of the molecule is Cc1ccc2c(Br)c(F)ccc2c1Oc1ncccc1-c1ccnc(NC2CCCN(C(=O)O)C2)n1. The Morgan fingerprint density at radius 2 is 2.00 bits per heavy atom. The molecule has 10 heteroatoms. The number of ether oxygens (including phenoxy) is 1. The van der Waals surface area contributed by atoms with Gasteiger partial charge in [-0.1, -0.05) is 12.1 Å². The summed E-state index contributed by atoms with van der Waals surface area (Å²) in [6, 6.07) is 12.2. The Kier molecular flexibility index (Phi) is 6.69. The molecule has 0 radical (unpaired) electrons. The van der Waals surface area contributed by atoms with E-state index in [0.717, 1.165) is 23.8 Å². The zero-order chi connectivity index (χ0) is 25.2. The molecule has 1 saturated heterocycles. The number of carboxylic acid groups (broad SMARTS) is 1. The number of halogens is 2. The maximum atomic E-state index is 14.1. The maximum absolute atomic E-state index is 14.1. The maximum Gasteiger partial charge on any atom is 0.407 e. The molecular weight excluding hydrogens is 529 g/mol. The number of amides is 1. The Bertz CT molecular complexity index is 1450. The van der Waals surface area contributed by atoms with Crippen molar-refractivity contribution in [1.82, 2.24) is 19.9 Å². The van der Waals surface area contributed by atoms with E-state index in [0.29, 0.717) is 51.8 Å². The highest BCUT2D eigenvalue weighted by Crippen LogP contribution is 2.39. The summed E-state index contributed by atoms with van der Waals surface area (Å²) in [4.78, 5) is 26.2. The first-order chi connectivity index (χ1) is 17.4. The van der Waals surface area contributed by atoms with Gasteiger partial charge < -0.3 is 20.1 Å². The fourth-order valence-electron chi connectivity index (χ4n) is 4.35. The number of hydrogen-bond donors (Lipinski definition) is 2. The third-order valence-corrected chi connectivity index (χ3v) is 6.97. The van der Waals surface area contributed by atoms with Gasteiger partial charge in [-0.15, -0.1) is 0 Å². The molecule has 3 heterocycles. The summed E-state index contributed by atoms with van der Waals surface area (Å²) in [7, 11) is 0. The van der Waals surface area contributed by atoms with Crippen molar-refractivity contribution in [2.45, 2.75) is 25.8 Å². The molecule has 0 bridgehead atoms. The molecule has 5 rings (SSSR count). The van der Waals surface area contributed by atoms with Crippen LogP contribution in [-0.4, -0.2) is 50.2 Å². The number of pyridine rings is 1. The number of aromatic nitrogens is 3. The minimum Gasteiger partial charge on any atom is -0.465 e. The van der Waals surface area contributed by atoms with Crippen molar-refractivity contribution in [3.8, 4) is 22.9 Å². The average molecular weight is 552 g/mol. The number of likely N-dealkylation sites (tertiary alicyclic amines) is 1. The normalized spacial score (nSPS) is 15.6. The zero-order valence-electron chi connectivity index (χ0n) is 19.4. The topological polar surface area (TPSA) is 100 Å². The molecule has 0 aliphatic carbocycles. The summed E-state index contributed by atoms with van der Waals surface area (Å²) in [6.45, 7) is 2.83. The van der Waals surface area contributed by atoms with Crippen LogP contribution in [0.3, 0.4) is 0 Å². The second-order valence-corrected chi connectivity index (χ2v) is 9.40. The van der Waals surface area contributed by atoms with Crippen LogP contribution in [0, 0.1) is 12.7 Å². The number of anilines is 1. The number of aryl methyl sites for hydroxylation is 1. The Balaban J connectivity index is 1.46. The van der Waals surface area contributed by atoms with Crippen molar-refractivity contribution >= 4 is 38.7 Å². The number of hydrogen-bond acceptors (Lipinski definition) is 6. The van der Waals surface area contributed by atoms with Crippen LogP contribution in [0.4, 0.5) is 15.1 Å². The molecule has 1 unspecified atom stereocenters. The second kappa shape index (κ2) is 10.1. The zero-order valence-corrected chi connectivity index (χ0v) is 21.0. The lowest BCUT2D eigenvalue weighted by atomic mass is 10.1. The van der Waals surface area contributed by atoms with Gasteiger partial charge in [0.1, 0.15) is 11.6 Å². The molecule has 2 aromatic carbocycles. The summed E-state index contributed by atoms with van der Waals surface area (Å²) in [5, 5.41) is 14.0. The van der Waals surface area contributed by atoms with Crippen LogP contribution in [0.15, 0.2) is 59.3 Å². The number of nitrogens with one attached hydrogen (secondary N) is 1. The van der Waals surface area contributed by atoms with E-state index in [1.807, 2.05) is 25.1 Å². The molecule has 1 amide bonds. The van der Waals surface area contributed by atoms with Crippen LogP contribution in [0.25, 0.3) is 22.0 Å². The van der Waals surface area contributed by atoms with E-state index in [-0.39, 0.29) is 11.9 Å². The van der Waals surface area contributed by atoms with Crippen molar-refractivity contribution in [3.05, 3.63) is 70.7 Å². The number of fused-ring (bicyclic) bond motifs is 1. The molecule has 1 atom stereocenters. The highest BCUT2D eigenvalue weighted by molar-refractivity contribution is 9.10. The van der Waals surface area contributed by atoms with Gasteiger partial charge >= 0.3 is 6.09 Å². The largest absolute Gasteiger partial charge is 0.465 e. The monoisotopic (exact) mass is 551 g/mol. The molecule has 36 heavy (non-hydrogen) atoms. The van der Waals surface area contributed by atoms with Gasteiger partial charge in [0.25, 0.3) is 0 Å². The standard InChI is InChI=1S/C26H23BrFN5O3/c1-15-6-7-17-18(8-9-20(28)22(17)27)23(15)36-24-19(5-2-11-29-24)21-10-12-30-25(32-21)31-16-4-3-13-33(14-16)26(34)35/h2,5-12,16H,3-4,13-14H2,1H3,(H,34,35)(H,30,31,32). The van der Waals surface area contributed by atoms with Crippen LogP contribution in [0.1, 0.15) is 18.4 Å². The second-order valence-electron chi connectivity index (χ2n) is 8.60. The summed E-state index contributed by atoms with van der Waals surface area (Å²) in [5.41, 5.74) is 2.14. The first kappa shape index (κ1) is 23.9.